The Hall–Kier alpha value is -1.53. The highest BCUT2D eigenvalue weighted by Crippen LogP contribution is 2.20. The van der Waals surface area contributed by atoms with Gasteiger partial charge in [0.25, 0.3) is 6.43 Å². The number of nitrogens with zero attached hydrogens (tertiary/aromatic N) is 2. The molecule has 0 radical (unpaired) electrons. The van der Waals surface area contributed by atoms with Crippen LogP contribution in [0.15, 0.2) is 24.3 Å². The number of carboxylic acids is 1. The lowest BCUT2D eigenvalue weighted by Gasteiger charge is -2.22. The number of carboxylic acid groups (broad SMARTS) is 1. The van der Waals surface area contributed by atoms with E-state index < -0.39 is 12.4 Å². The molecule has 0 heterocycles. The van der Waals surface area contributed by atoms with Crippen molar-refractivity contribution in [2.24, 2.45) is 0 Å². The van der Waals surface area contributed by atoms with Gasteiger partial charge in [-0.15, -0.1) is 0 Å². The lowest BCUT2D eigenvalue weighted by atomic mass is 10.1. The van der Waals surface area contributed by atoms with E-state index in [1.807, 2.05) is 19.0 Å². The minimum atomic E-state index is -2.51. The van der Waals surface area contributed by atoms with E-state index in [1.54, 1.807) is 17.0 Å². The molecule has 0 saturated carbocycles. The number of carbonyl (C=O) groups is 1. The number of alkyl halides is 2. The third-order valence-electron chi connectivity index (χ3n) is 2.83. The second kappa shape index (κ2) is 7.91. The smallest absolute Gasteiger partial charge is 0.317 e. The van der Waals surface area contributed by atoms with Crippen LogP contribution in [-0.2, 0) is 11.3 Å². The molecule has 0 aromatic heterocycles. The summed E-state index contributed by atoms with van der Waals surface area (Å²) in [5, 5.41) is 8.89. The number of rotatable bonds is 8. The molecule has 1 N–H and O–H groups in total. The van der Waals surface area contributed by atoms with E-state index in [2.05, 4.69) is 0 Å². The molecule has 6 heteroatoms. The molecular formula is C14H20F2N2O2. The normalized spacial score (nSPS) is 11.6. The third kappa shape index (κ3) is 6.08. The van der Waals surface area contributed by atoms with Gasteiger partial charge in [-0.25, -0.2) is 8.78 Å². The van der Waals surface area contributed by atoms with Crippen molar-refractivity contribution >= 4 is 5.97 Å². The summed E-state index contributed by atoms with van der Waals surface area (Å²) in [7, 11) is 3.80. The molecule has 0 aliphatic heterocycles. The summed E-state index contributed by atoms with van der Waals surface area (Å²) in [6.07, 6.45) is -2.51. The van der Waals surface area contributed by atoms with Crippen molar-refractivity contribution in [3.05, 3.63) is 35.4 Å². The molecule has 0 aliphatic rings. The van der Waals surface area contributed by atoms with E-state index in [-0.39, 0.29) is 12.1 Å². The third-order valence-corrected chi connectivity index (χ3v) is 2.83. The predicted molar refractivity (Wildman–Crippen MR) is 72.9 cm³/mol. The molecule has 0 saturated heterocycles. The van der Waals surface area contributed by atoms with Crippen molar-refractivity contribution in [1.29, 1.82) is 0 Å². The summed E-state index contributed by atoms with van der Waals surface area (Å²) in [5.41, 5.74) is 0.660. The second-order valence-corrected chi connectivity index (χ2v) is 4.95. The molecule has 0 amide bonds. The van der Waals surface area contributed by atoms with Crippen molar-refractivity contribution in [3.8, 4) is 0 Å². The molecule has 0 atom stereocenters. The van der Waals surface area contributed by atoms with Gasteiger partial charge in [0, 0.05) is 25.2 Å². The number of halogens is 2. The first-order valence-electron chi connectivity index (χ1n) is 6.34. The monoisotopic (exact) mass is 286 g/mol. The maximum atomic E-state index is 12.6. The summed E-state index contributed by atoms with van der Waals surface area (Å²) in [6.45, 7) is 1.52. The molecule has 20 heavy (non-hydrogen) atoms. The Morgan fingerprint density at radius 2 is 2.00 bits per heavy atom. The van der Waals surface area contributed by atoms with Crippen molar-refractivity contribution in [3.63, 3.8) is 0 Å². The largest absolute Gasteiger partial charge is 0.480 e. The molecule has 0 spiro atoms. The van der Waals surface area contributed by atoms with Crippen LogP contribution in [0, 0.1) is 0 Å². The van der Waals surface area contributed by atoms with Crippen LogP contribution in [0.25, 0.3) is 0 Å². The van der Waals surface area contributed by atoms with E-state index in [1.165, 1.54) is 12.1 Å². The first-order valence-corrected chi connectivity index (χ1v) is 6.34. The summed E-state index contributed by atoms with van der Waals surface area (Å²) in [6, 6.07) is 6.10. The van der Waals surface area contributed by atoms with Gasteiger partial charge in [0.2, 0.25) is 0 Å². The van der Waals surface area contributed by atoms with Crippen LogP contribution in [0.2, 0.25) is 0 Å². The zero-order chi connectivity index (χ0) is 15.1. The SMILES string of the molecule is CN(C)CCN(CC(=O)O)Cc1cccc(C(F)F)c1. The first-order chi connectivity index (χ1) is 9.38. The molecular weight excluding hydrogens is 266 g/mol. The quantitative estimate of drug-likeness (QED) is 0.794. The van der Waals surface area contributed by atoms with E-state index >= 15 is 0 Å². The molecule has 0 fully saturated rings. The average Bonchev–Trinajstić information content (AvgIpc) is 2.35. The van der Waals surface area contributed by atoms with Gasteiger partial charge in [0.15, 0.2) is 0 Å². The van der Waals surface area contributed by atoms with Crippen LogP contribution < -0.4 is 0 Å². The zero-order valence-corrected chi connectivity index (χ0v) is 11.7. The van der Waals surface area contributed by atoms with Crippen molar-refractivity contribution < 1.29 is 18.7 Å². The van der Waals surface area contributed by atoms with Gasteiger partial charge in [-0.3, -0.25) is 9.69 Å². The molecule has 0 aliphatic carbocycles. The zero-order valence-electron chi connectivity index (χ0n) is 11.7. The fraction of sp³-hybridized carbons (Fsp3) is 0.500. The van der Waals surface area contributed by atoms with E-state index in [0.717, 1.165) is 0 Å². The Kier molecular flexibility index (Phi) is 6.54. The maximum absolute atomic E-state index is 12.6. The molecule has 112 valence electrons. The van der Waals surface area contributed by atoms with Gasteiger partial charge in [-0.2, -0.15) is 0 Å². The number of hydrogen-bond acceptors (Lipinski definition) is 3. The topological polar surface area (TPSA) is 43.8 Å². The van der Waals surface area contributed by atoms with Gasteiger partial charge in [0.05, 0.1) is 6.54 Å². The van der Waals surface area contributed by atoms with Crippen molar-refractivity contribution in [2.45, 2.75) is 13.0 Å². The highest BCUT2D eigenvalue weighted by molar-refractivity contribution is 5.69. The lowest BCUT2D eigenvalue weighted by Crippen LogP contribution is -2.35. The first kappa shape index (κ1) is 16.5. The number of benzene rings is 1. The summed E-state index contributed by atoms with van der Waals surface area (Å²) < 4.78 is 25.3. The van der Waals surface area contributed by atoms with Crippen LogP contribution in [0.5, 0.6) is 0 Å². The van der Waals surface area contributed by atoms with Gasteiger partial charge < -0.3 is 10.0 Å². The Morgan fingerprint density at radius 3 is 2.55 bits per heavy atom. The van der Waals surface area contributed by atoms with E-state index in [0.29, 0.717) is 25.2 Å². The standard InChI is InChI=1S/C14H20F2N2O2/c1-17(2)6-7-18(10-13(19)20)9-11-4-3-5-12(8-11)14(15)16/h3-5,8,14H,6-7,9-10H2,1-2H3,(H,19,20). The summed E-state index contributed by atoms with van der Waals surface area (Å²) >= 11 is 0. The average molecular weight is 286 g/mol. The minimum absolute atomic E-state index is 0.0367. The van der Waals surface area contributed by atoms with Crippen LogP contribution >= 0.6 is 0 Å². The molecule has 4 nitrogen and oxygen atoms in total. The summed E-state index contributed by atoms with van der Waals surface area (Å²) in [4.78, 5) is 14.5. The van der Waals surface area contributed by atoms with Crippen LogP contribution in [0.4, 0.5) is 8.78 Å². The van der Waals surface area contributed by atoms with Crippen LogP contribution in [0.1, 0.15) is 17.6 Å². The molecule has 1 aromatic carbocycles. The Balaban J connectivity index is 2.72. The highest BCUT2D eigenvalue weighted by atomic mass is 19.3. The van der Waals surface area contributed by atoms with Gasteiger partial charge >= 0.3 is 5.97 Å². The van der Waals surface area contributed by atoms with Gasteiger partial charge in [-0.1, -0.05) is 18.2 Å². The molecule has 0 unspecified atom stereocenters. The van der Waals surface area contributed by atoms with Crippen molar-refractivity contribution in [2.75, 3.05) is 33.7 Å². The maximum Gasteiger partial charge on any atom is 0.317 e. The van der Waals surface area contributed by atoms with Crippen molar-refractivity contribution in [1.82, 2.24) is 9.80 Å². The number of likely N-dealkylation sites (N-methyl/N-ethyl adjacent to an activating group) is 1. The minimum Gasteiger partial charge on any atom is -0.480 e. The van der Waals surface area contributed by atoms with Gasteiger partial charge in [-0.05, 0) is 25.7 Å². The molecule has 1 rings (SSSR count). The van der Waals surface area contributed by atoms with E-state index in [4.69, 9.17) is 5.11 Å². The fourth-order valence-electron chi connectivity index (χ4n) is 1.83. The highest BCUT2D eigenvalue weighted by Gasteiger charge is 2.12. The van der Waals surface area contributed by atoms with Gasteiger partial charge in [0.1, 0.15) is 0 Å². The van der Waals surface area contributed by atoms with E-state index in [9.17, 15) is 13.6 Å². The predicted octanol–water partition coefficient (Wildman–Crippen LogP) is 2.07. The number of hydrogen-bond donors (Lipinski definition) is 1. The second-order valence-electron chi connectivity index (χ2n) is 4.95. The molecule has 1 aromatic rings. The summed E-state index contributed by atoms with van der Waals surface area (Å²) in [5.74, 6) is -0.922. The van der Waals surface area contributed by atoms with Crippen LogP contribution in [-0.4, -0.2) is 54.6 Å². The number of aliphatic carboxylic acids is 1. The Labute approximate surface area is 117 Å². The Bertz CT molecular complexity index is 439. The van der Waals surface area contributed by atoms with Crippen LogP contribution in [0.3, 0.4) is 0 Å². The lowest BCUT2D eigenvalue weighted by molar-refractivity contribution is -0.138. The fourth-order valence-corrected chi connectivity index (χ4v) is 1.83. The molecule has 0 bridgehead atoms. The Morgan fingerprint density at radius 1 is 1.30 bits per heavy atom.